The first-order valence-electron chi connectivity index (χ1n) is 4.76. The van der Waals surface area contributed by atoms with Crippen LogP contribution in [-0.4, -0.2) is 17.1 Å². The molecule has 0 fully saturated rings. The van der Waals surface area contributed by atoms with Gasteiger partial charge in [0.05, 0.1) is 18.1 Å². The number of ether oxygens (including phenoxy) is 1. The molecule has 2 rings (SSSR count). The van der Waals surface area contributed by atoms with E-state index in [1.807, 2.05) is 18.2 Å². The predicted molar refractivity (Wildman–Crippen MR) is 55.9 cm³/mol. The van der Waals surface area contributed by atoms with Crippen molar-refractivity contribution in [3.8, 4) is 5.75 Å². The molecule has 0 radical (unpaired) electrons. The molecule has 1 aromatic rings. The molecule has 0 spiro atoms. The molecule has 0 amide bonds. The Labute approximate surface area is 88.5 Å². The molecule has 1 aliphatic rings. The topological polar surface area (TPSA) is 29.5 Å². The van der Waals surface area contributed by atoms with Gasteiger partial charge >= 0.3 is 0 Å². The Bertz CT molecular complexity index is 336. The van der Waals surface area contributed by atoms with Crippen LogP contribution in [0.15, 0.2) is 18.2 Å². The average molecular weight is 213 g/mol. The summed E-state index contributed by atoms with van der Waals surface area (Å²) in [6, 6.07) is 5.75. The van der Waals surface area contributed by atoms with E-state index in [9.17, 15) is 5.11 Å². The molecule has 1 heterocycles. The van der Waals surface area contributed by atoms with Crippen LogP contribution in [0.25, 0.3) is 0 Å². The van der Waals surface area contributed by atoms with Crippen LogP contribution in [0.5, 0.6) is 5.75 Å². The van der Waals surface area contributed by atoms with Crippen LogP contribution in [0.1, 0.15) is 24.2 Å². The molecule has 2 unspecified atom stereocenters. The van der Waals surface area contributed by atoms with Gasteiger partial charge in [-0.3, -0.25) is 0 Å². The van der Waals surface area contributed by atoms with Gasteiger partial charge in [0, 0.05) is 6.42 Å². The SMILES string of the molecule is CC(Cl)C(O)c1ccc2c(c1)CCO2. The molecule has 2 atom stereocenters. The lowest BCUT2D eigenvalue weighted by molar-refractivity contribution is 0.177. The highest BCUT2D eigenvalue weighted by Crippen LogP contribution is 2.29. The quantitative estimate of drug-likeness (QED) is 0.763. The van der Waals surface area contributed by atoms with E-state index in [1.165, 1.54) is 5.56 Å². The smallest absolute Gasteiger partial charge is 0.122 e. The normalized spacial score (nSPS) is 18.5. The van der Waals surface area contributed by atoms with Crippen molar-refractivity contribution in [1.82, 2.24) is 0 Å². The molecule has 0 aliphatic carbocycles. The number of alkyl halides is 1. The third kappa shape index (κ3) is 1.72. The van der Waals surface area contributed by atoms with Gasteiger partial charge in [0.1, 0.15) is 5.75 Å². The second kappa shape index (κ2) is 3.79. The van der Waals surface area contributed by atoms with E-state index in [0.29, 0.717) is 0 Å². The molecule has 1 N–H and O–H groups in total. The van der Waals surface area contributed by atoms with E-state index in [2.05, 4.69) is 0 Å². The number of halogens is 1. The summed E-state index contributed by atoms with van der Waals surface area (Å²) in [4.78, 5) is 0. The van der Waals surface area contributed by atoms with Crippen molar-refractivity contribution >= 4 is 11.6 Å². The highest BCUT2D eigenvalue weighted by Gasteiger charge is 2.18. The molecule has 2 nitrogen and oxygen atoms in total. The van der Waals surface area contributed by atoms with Crippen LogP contribution < -0.4 is 4.74 Å². The zero-order chi connectivity index (χ0) is 10.1. The molecule has 1 aromatic carbocycles. The minimum atomic E-state index is -0.595. The first kappa shape index (κ1) is 9.81. The Kier molecular flexibility index (Phi) is 2.66. The number of hydrogen-bond acceptors (Lipinski definition) is 2. The number of aliphatic hydroxyl groups excluding tert-OH is 1. The van der Waals surface area contributed by atoms with E-state index in [1.54, 1.807) is 6.92 Å². The first-order valence-corrected chi connectivity index (χ1v) is 5.20. The number of hydrogen-bond donors (Lipinski definition) is 1. The Balaban J connectivity index is 2.28. The Hall–Kier alpha value is -0.730. The van der Waals surface area contributed by atoms with Crippen molar-refractivity contribution in [2.75, 3.05) is 6.61 Å². The Morgan fingerprint density at radius 1 is 1.50 bits per heavy atom. The largest absolute Gasteiger partial charge is 0.493 e. The molecule has 0 saturated heterocycles. The minimum absolute atomic E-state index is 0.268. The fourth-order valence-electron chi connectivity index (χ4n) is 1.66. The number of benzene rings is 1. The summed E-state index contributed by atoms with van der Waals surface area (Å²) < 4.78 is 5.38. The summed E-state index contributed by atoms with van der Waals surface area (Å²) in [7, 11) is 0. The summed E-state index contributed by atoms with van der Waals surface area (Å²) in [5.74, 6) is 0.933. The lowest BCUT2D eigenvalue weighted by atomic mass is 10.0. The molecule has 3 heteroatoms. The Morgan fingerprint density at radius 2 is 2.29 bits per heavy atom. The molecule has 0 saturated carbocycles. The lowest BCUT2D eigenvalue weighted by Gasteiger charge is -2.13. The first-order chi connectivity index (χ1) is 6.68. The van der Waals surface area contributed by atoms with Gasteiger partial charge in [0.15, 0.2) is 0 Å². The van der Waals surface area contributed by atoms with Gasteiger partial charge in [-0.15, -0.1) is 11.6 Å². The van der Waals surface area contributed by atoms with E-state index in [0.717, 1.165) is 24.3 Å². The van der Waals surface area contributed by atoms with Gasteiger partial charge in [-0.05, 0) is 30.2 Å². The van der Waals surface area contributed by atoms with E-state index in [-0.39, 0.29) is 5.38 Å². The second-order valence-electron chi connectivity index (χ2n) is 3.59. The molecular formula is C11H13ClO2. The summed E-state index contributed by atoms with van der Waals surface area (Å²) >= 11 is 5.83. The van der Waals surface area contributed by atoms with E-state index >= 15 is 0 Å². The minimum Gasteiger partial charge on any atom is -0.493 e. The van der Waals surface area contributed by atoms with E-state index < -0.39 is 6.10 Å². The van der Waals surface area contributed by atoms with Gasteiger partial charge in [-0.1, -0.05) is 6.07 Å². The molecular weight excluding hydrogens is 200 g/mol. The van der Waals surface area contributed by atoms with Crippen LogP contribution in [0, 0.1) is 0 Å². The van der Waals surface area contributed by atoms with Crippen LogP contribution >= 0.6 is 11.6 Å². The maximum absolute atomic E-state index is 9.76. The number of rotatable bonds is 2. The molecule has 14 heavy (non-hydrogen) atoms. The highest BCUT2D eigenvalue weighted by atomic mass is 35.5. The maximum atomic E-state index is 9.76. The molecule has 0 bridgehead atoms. The van der Waals surface area contributed by atoms with Crippen molar-refractivity contribution in [3.05, 3.63) is 29.3 Å². The summed E-state index contributed by atoms with van der Waals surface area (Å²) in [5.41, 5.74) is 2.04. The summed E-state index contributed by atoms with van der Waals surface area (Å²) in [6.45, 7) is 2.53. The van der Waals surface area contributed by atoms with E-state index in [4.69, 9.17) is 16.3 Å². The third-order valence-electron chi connectivity index (χ3n) is 2.49. The monoisotopic (exact) mass is 212 g/mol. The summed E-state index contributed by atoms with van der Waals surface area (Å²) in [6.07, 6.45) is 0.328. The number of fused-ring (bicyclic) bond motifs is 1. The zero-order valence-electron chi connectivity index (χ0n) is 8.03. The van der Waals surface area contributed by atoms with Gasteiger partial charge in [0.25, 0.3) is 0 Å². The van der Waals surface area contributed by atoms with Crippen molar-refractivity contribution < 1.29 is 9.84 Å². The average Bonchev–Trinajstić information content (AvgIpc) is 2.62. The fourth-order valence-corrected chi connectivity index (χ4v) is 1.80. The zero-order valence-corrected chi connectivity index (χ0v) is 8.79. The third-order valence-corrected chi connectivity index (χ3v) is 2.73. The van der Waals surface area contributed by atoms with Crippen molar-refractivity contribution in [2.24, 2.45) is 0 Å². The second-order valence-corrected chi connectivity index (χ2v) is 4.28. The standard InChI is InChI=1S/C11H13ClO2/c1-7(12)11(13)9-2-3-10-8(6-9)4-5-14-10/h2-3,6-7,11,13H,4-5H2,1H3. The lowest BCUT2D eigenvalue weighted by Crippen LogP contribution is -2.08. The molecule has 1 aliphatic heterocycles. The maximum Gasteiger partial charge on any atom is 0.122 e. The Morgan fingerprint density at radius 3 is 3.00 bits per heavy atom. The van der Waals surface area contributed by atoms with Crippen molar-refractivity contribution in [1.29, 1.82) is 0 Å². The van der Waals surface area contributed by atoms with Crippen LogP contribution in [-0.2, 0) is 6.42 Å². The molecule has 76 valence electrons. The van der Waals surface area contributed by atoms with Crippen molar-refractivity contribution in [3.63, 3.8) is 0 Å². The van der Waals surface area contributed by atoms with Gasteiger partial charge in [-0.2, -0.15) is 0 Å². The summed E-state index contributed by atoms with van der Waals surface area (Å²) in [5, 5.41) is 9.49. The fraction of sp³-hybridized carbons (Fsp3) is 0.455. The van der Waals surface area contributed by atoms with Crippen LogP contribution in [0.2, 0.25) is 0 Å². The molecule has 0 aromatic heterocycles. The van der Waals surface area contributed by atoms with Gasteiger partial charge < -0.3 is 9.84 Å². The number of aliphatic hydroxyl groups is 1. The van der Waals surface area contributed by atoms with Gasteiger partial charge in [0.2, 0.25) is 0 Å². The van der Waals surface area contributed by atoms with Crippen LogP contribution in [0.3, 0.4) is 0 Å². The highest BCUT2D eigenvalue weighted by molar-refractivity contribution is 6.20. The van der Waals surface area contributed by atoms with Crippen LogP contribution in [0.4, 0.5) is 0 Å². The van der Waals surface area contributed by atoms with Crippen molar-refractivity contribution in [2.45, 2.75) is 24.8 Å². The van der Waals surface area contributed by atoms with Gasteiger partial charge in [-0.25, -0.2) is 0 Å². The predicted octanol–water partition coefficient (Wildman–Crippen LogP) is 2.28.